The van der Waals surface area contributed by atoms with Gasteiger partial charge in [-0.1, -0.05) is 42.9 Å². The van der Waals surface area contributed by atoms with Crippen LogP contribution in [0.3, 0.4) is 0 Å². The van der Waals surface area contributed by atoms with Crippen LogP contribution < -0.4 is 9.64 Å². The molecule has 1 aromatic carbocycles. The van der Waals surface area contributed by atoms with Gasteiger partial charge in [-0.2, -0.15) is 0 Å². The first-order valence-electron chi connectivity index (χ1n) is 9.26. The van der Waals surface area contributed by atoms with Crippen molar-refractivity contribution >= 4 is 67.9 Å². The highest BCUT2D eigenvalue weighted by Crippen LogP contribution is 2.34. The first-order valence-corrected chi connectivity index (χ1v) is 11.3. The third-order valence-electron chi connectivity index (χ3n) is 4.61. The van der Waals surface area contributed by atoms with Crippen LogP contribution in [0.1, 0.15) is 18.7 Å². The summed E-state index contributed by atoms with van der Waals surface area (Å²) < 4.78 is 7.14. The molecule has 2 aromatic heterocycles. The van der Waals surface area contributed by atoms with Gasteiger partial charge in [0.1, 0.15) is 11.3 Å². The van der Waals surface area contributed by atoms with E-state index in [-0.39, 0.29) is 18.3 Å². The fourth-order valence-electron chi connectivity index (χ4n) is 2.99. The van der Waals surface area contributed by atoms with Crippen molar-refractivity contribution < 1.29 is 9.53 Å². The quantitative estimate of drug-likeness (QED) is 0.419. The van der Waals surface area contributed by atoms with Gasteiger partial charge in [0.15, 0.2) is 5.13 Å². The third-order valence-corrected chi connectivity index (χ3v) is 6.89. The molecule has 0 fully saturated rings. The van der Waals surface area contributed by atoms with Crippen LogP contribution in [0.4, 0.5) is 5.13 Å². The number of thiophene rings is 1. The lowest BCUT2D eigenvalue weighted by Crippen LogP contribution is -2.39. The Hall–Kier alpha value is -1.38. The van der Waals surface area contributed by atoms with Crippen LogP contribution in [-0.4, -0.2) is 49.1 Å². The smallest absolute Gasteiger partial charge is 0.234 e. The fourth-order valence-corrected chi connectivity index (χ4v) is 5.10. The Balaban J connectivity index is 0.00000300. The first kappa shape index (κ1) is 23.9. The summed E-state index contributed by atoms with van der Waals surface area (Å²) in [5, 5.41) is 0.708. The highest BCUT2D eigenvalue weighted by molar-refractivity contribution is 7.22. The Morgan fingerprint density at radius 3 is 2.52 bits per heavy atom. The number of ether oxygens (including phenoxy) is 1. The van der Waals surface area contributed by atoms with Gasteiger partial charge in [-0.3, -0.25) is 9.69 Å². The molecule has 0 aliphatic heterocycles. The average Bonchev–Trinajstić information content (AvgIpc) is 3.30. The number of aromatic nitrogens is 1. The molecule has 29 heavy (non-hydrogen) atoms. The second kappa shape index (κ2) is 11.1. The van der Waals surface area contributed by atoms with E-state index < -0.39 is 0 Å². The summed E-state index contributed by atoms with van der Waals surface area (Å²) in [6.07, 6.45) is 0.322. The standard InChI is InChI=1S/C20H24ClN3O2S2.ClH/c1-4-23(5-2)11-12-24(18(25)13-14-9-10-17(21)27-14)20-22-19-15(26-3)7-6-8-16(19)28-20;/h6-10H,4-5,11-13H2,1-3H3;1H. The summed E-state index contributed by atoms with van der Waals surface area (Å²) in [6, 6.07) is 9.58. The molecule has 0 unspecified atom stereocenters. The number of rotatable bonds is 9. The highest BCUT2D eigenvalue weighted by atomic mass is 35.5. The molecule has 0 aliphatic rings. The lowest BCUT2D eigenvalue weighted by atomic mass is 10.3. The van der Waals surface area contributed by atoms with Crippen molar-refractivity contribution in [2.75, 3.05) is 38.2 Å². The number of benzene rings is 1. The molecule has 1 amide bonds. The molecule has 158 valence electrons. The van der Waals surface area contributed by atoms with Crippen LogP contribution in [-0.2, 0) is 11.2 Å². The van der Waals surface area contributed by atoms with Gasteiger partial charge < -0.3 is 9.64 Å². The topological polar surface area (TPSA) is 45.7 Å². The van der Waals surface area contributed by atoms with Gasteiger partial charge in [0.25, 0.3) is 0 Å². The lowest BCUT2D eigenvalue weighted by molar-refractivity contribution is -0.118. The van der Waals surface area contributed by atoms with Crippen LogP contribution in [0.2, 0.25) is 4.34 Å². The van der Waals surface area contributed by atoms with E-state index in [1.54, 1.807) is 12.0 Å². The van der Waals surface area contributed by atoms with Crippen molar-refractivity contribution in [2.24, 2.45) is 0 Å². The Kier molecular flexibility index (Phi) is 9.17. The van der Waals surface area contributed by atoms with Gasteiger partial charge in [0, 0.05) is 18.0 Å². The van der Waals surface area contributed by atoms with Crippen molar-refractivity contribution in [2.45, 2.75) is 20.3 Å². The van der Waals surface area contributed by atoms with E-state index in [9.17, 15) is 4.79 Å². The molecule has 3 aromatic rings. The number of carbonyl (C=O) groups is 1. The second-order valence-corrected chi connectivity index (χ2v) is 9.07. The number of methoxy groups -OCH3 is 1. The molecular weight excluding hydrogens is 449 g/mol. The van der Waals surface area contributed by atoms with Crippen molar-refractivity contribution in [1.29, 1.82) is 0 Å². The normalized spacial score (nSPS) is 10.9. The molecule has 3 rings (SSSR count). The Morgan fingerprint density at radius 1 is 1.14 bits per heavy atom. The fraction of sp³-hybridized carbons (Fsp3) is 0.400. The molecule has 0 saturated carbocycles. The average molecular weight is 474 g/mol. The predicted molar refractivity (Wildman–Crippen MR) is 127 cm³/mol. The maximum atomic E-state index is 13.1. The van der Waals surface area contributed by atoms with Crippen molar-refractivity contribution in [1.82, 2.24) is 9.88 Å². The molecule has 0 spiro atoms. The zero-order valence-corrected chi connectivity index (χ0v) is 19.9. The van der Waals surface area contributed by atoms with E-state index >= 15 is 0 Å². The van der Waals surface area contributed by atoms with E-state index in [2.05, 4.69) is 18.7 Å². The summed E-state index contributed by atoms with van der Waals surface area (Å²) in [7, 11) is 1.64. The number of para-hydroxylation sites is 1. The number of fused-ring (bicyclic) bond motifs is 1. The van der Waals surface area contributed by atoms with Crippen LogP contribution in [0, 0.1) is 0 Å². The van der Waals surface area contributed by atoms with Crippen molar-refractivity contribution in [3.8, 4) is 5.75 Å². The molecule has 2 heterocycles. The number of anilines is 1. The van der Waals surface area contributed by atoms with Crippen molar-refractivity contribution in [3.63, 3.8) is 0 Å². The molecule has 0 N–H and O–H groups in total. The molecule has 5 nitrogen and oxygen atoms in total. The summed E-state index contributed by atoms with van der Waals surface area (Å²) >= 11 is 8.99. The van der Waals surface area contributed by atoms with Gasteiger partial charge in [0.2, 0.25) is 5.91 Å². The minimum absolute atomic E-state index is 0. The number of hydrogen-bond donors (Lipinski definition) is 0. The number of likely N-dealkylation sites (N-methyl/N-ethyl adjacent to an activating group) is 1. The first-order chi connectivity index (χ1) is 13.5. The lowest BCUT2D eigenvalue weighted by Gasteiger charge is -2.24. The molecule has 9 heteroatoms. The second-order valence-electron chi connectivity index (χ2n) is 6.26. The van der Waals surface area contributed by atoms with Gasteiger partial charge >= 0.3 is 0 Å². The zero-order valence-electron chi connectivity index (χ0n) is 16.7. The minimum atomic E-state index is 0. The summed E-state index contributed by atoms with van der Waals surface area (Å²) in [6.45, 7) is 7.57. The van der Waals surface area contributed by atoms with Gasteiger partial charge in [0.05, 0.1) is 22.6 Å². The summed E-state index contributed by atoms with van der Waals surface area (Å²) in [5.41, 5.74) is 0.796. The maximum absolute atomic E-state index is 13.1. The van der Waals surface area contributed by atoms with Gasteiger partial charge in [-0.05, 0) is 37.4 Å². The Morgan fingerprint density at radius 2 is 1.90 bits per heavy atom. The van der Waals surface area contributed by atoms with E-state index in [1.807, 2.05) is 30.3 Å². The number of hydrogen-bond acceptors (Lipinski definition) is 6. The van der Waals surface area contributed by atoms with E-state index in [1.165, 1.54) is 22.7 Å². The number of nitrogens with zero attached hydrogens (tertiary/aromatic N) is 3. The number of thiazole rings is 1. The summed E-state index contributed by atoms with van der Waals surface area (Å²) in [5.74, 6) is 0.755. The molecule has 0 aliphatic carbocycles. The molecule has 0 radical (unpaired) electrons. The monoisotopic (exact) mass is 473 g/mol. The largest absolute Gasteiger partial charge is 0.494 e. The molecular formula is C20H25Cl2N3O2S2. The number of amides is 1. The third kappa shape index (κ3) is 5.83. The molecule has 0 bridgehead atoms. The van der Waals surface area contributed by atoms with E-state index in [0.29, 0.717) is 22.4 Å². The van der Waals surface area contributed by atoms with Crippen LogP contribution in [0.25, 0.3) is 10.2 Å². The molecule has 0 saturated heterocycles. The Labute approximate surface area is 190 Å². The van der Waals surface area contributed by atoms with Crippen molar-refractivity contribution in [3.05, 3.63) is 39.5 Å². The minimum Gasteiger partial charge on any atom is -0.494 e. The van der Waals surface area contributed by atoms with Gasteiger partial charge in [-0.25, -0.2) is 4.98 Å². The Bertz CT molecular complexity index is 941. The van der Waals surface area contributed by atoms with E-state index in [4.69, 9.17) is 21.3 Å². The number of carbonyl (C=O) groups excluding carboxylic acids is 1. The predicted octanol–water partition coefficient (Wildman–Crippen LogP) is 5.36. The van der Waals surface area contributed by atoms with Crippen LogP contribution in [0.15, 0.2) is 30.3 Å². The SMILES string of the molecule is CCN(CC)CCN(C(=O)Cc1ccc(Cl)s1)c1nc2c(OC)cccc2s1.Cl. The maximum Gasteiger partial charge on any atom is 0.234 e. The number of halogens is 2. The van der Waals surface area contributed by atoms with Crippen LogP contribution >= 0.6 is 46.7 Å². The summed E-state index contributed by atoms with van der Waals surface area (Å²) in [4.78, 5) is 23.0. The highest BCUT2D eigenvalue weighted by Gasteiger charge is 2.22. The van der Waals surface area contributed by atoms with Crippen LogP contribution in [0.5, 0.6) is 5.75 Å². The molecule has 0 atom stereocenters. The van der Waals surface area contributed by atoms with Gasteiger partial charge in [-0.15, -0.1) is 23.7 Å². The van der Waals surface area contributed by atoms with E-state index in [0.717, 1.165) is 40.5 Å². The zero-order chi connectivity index (χ0) is 20.1.